The highest BCUT2D eigenvalue weighted by Gasteiger charge is 2.24. The SMILES string of the molecule is CCOc1ccc2c(Nc3ccc(Cn4ccnc4)c(Cl)c3)c(C#N)cnc2c1[N+](=O)[O-]. The number of anilines is 2. The highest BCUT2D eigenvalue weighted by molar-refractivity contribution is 6.31. The minimum absolute atomic E-state index is 0.125. The van der Waals surface area contributed by atoms with Crippen LogP contribution < -0.4 is 10.1 Å². The Bertz CT molecular complexity index is 1350. The summed E-state index contributed by atoms with van der Waals surface area (Å²) < 4.78 is 7.30. The topological polar surface area (TPSA) is 119 Å². The van der Waals surface area contributed by atoms with E-state index < -0.39 is 4.92 Å². The first-order valence-electron chi connectivity index (χ1n) is 9.66. The molecular formula is C22H17ClN6O3. The molecule has 32 heavy (non-hydrogen) atoms. The normalized spacial score (nSPS) is 10.7. The smallest absolute Gasteiger partial charge is 0.336 e. The molecule has 0 radical (unpaired) electrons. The Labute approximate surface area is 188 Å². The molecule has 4 aromatic rings. The number of nitrogens with one attached hydrogen (secondary N) is 1. The molecule has 9 nitrogen and oxygen atoms in total. The first-order valence-corrected chi connectivity index (χ1v) is 10.0. The summed E-state index contributed by atoms with van der Waals surface area (Å²) in [4.78, 5) is 19.4. The Kier molecular flexibility index (Phi) is 5.87. The summed E-state index contributed by atoms with van der Waals surface area (Å²) in [6, 6.07) is 10.7. The van der Waals surface area contributed by atoms with Crippen molar-refractivity contribution in [2.24, 2.45) is 0 Å². The molecule has 2 aromatic heterocycles. The Morgan fingerprint density at radius 3 is 2.84 bits per heavy atom. The van der Waals surface area contributed by atoms with Crippen molar-refractivity contribution in [3.05, 3.63) is 81.5 Å². The van der Waals surface area contributed by atoms with Crippen molar-refractivity contribution >= 4 is 39.6 Å². The van der Waals surface area contributed by atoms with Gasteiger partial charge in [-0.15, -0.1) is 0 Å². The molecule has 0 aliphatic heterocycles. The summed E-state index contributed by atoms with van der Waals surface area (Å²) in [6.07, 6.45) is 6.54. The van der Waals surface area contributed by atoms with Crippen LogP contribution in [0.5, 0.6) is 5.75 Å². The molecule has 0 unspecified atom stereocenters. The third kappa shape index (κ3) is 4.04. The molecule has 0 saturated carbocycles. The molecule has 1 N–H and O–H groups in total. The molecule has 160 valence electrons. The van der Waals surface area contributed by atoms with Gasteiger partial charge in [-0.2, -0.15) is 5.26 Å². The van der Waals surface area contributed by atoms with E-state index in [9.17, 15) is 15.4 Å². The van der Waals surface area contributed by atoms with Gasteiger partial charge in [-0.05, 0) is 36.8 Å². The number of hydrogen-bond donors (Lipinski definition) is 1. The summed E-state index contributed by atoms with van der Waals surface area (Å²) in [6.45, 7) is 2.58. The molecule has 0 amide bonds. The van der Waals surface area contributed by atoms with Crippen molar-refractivity contribution in [1.29, 1.82) is 5.26 Å². The molecule has 0 fully saturated rings. The number of rotatable bonds is 7. The zero-order valence-corrected chi connectivity index (χ0v) is 17.7. The van der Waals surface area contributed by atoms with Crippen LogP contribution in [0.2, 0.25) is 5.02 Å². The highest BCUT2D eigenvalue weighted by atomic mass is 35.5. The van der Waals surface area contributed by atoms with E-state index >= 15 is 0 Å². The molecule has 4 rings (SSSR count). The van der Waals surface area contributed by atoms with Gasteiger partial charge in [0.1, 0.15) is 6.07 Å². The molecule has 0 aliphatic carbocycles. The fourth-order valence-electron chi connectivity index (χ4n) is 3.37. The number of hydrogen-bond acceptors (Lipinski definition) is 7. The monoisotopic (exact) mass is 448 g/mol. The maximum absolute atomic E-state index is 11.7. The first kappa shape index (κ1) is 21.1. The maximum Gasteiger partial charge on any atom is 0.336 e. The van der Waals surface area contributed by atoms with Gasteiger partial charge in [0.2, 0.25) is 0 Å². The molecule has 0 aliphatic rings. The van der Waals surface area contributed by atoms with Crippen molar-refractivity contribution in [3.63, 3.8) is 0 Å². The van der Waals surface area contributed by atoms with E-state index in [0.717, 1.165) is 5.56 Å². The number of nitro benzene ring substituents is 1. The second-order valence-corrected chi connectivity index (χ2v) is 7.23. The Morgan fingerprint density at radius 1 is 1.34 bits per heavy atom. The largest absolute Gasteiger partial charge is 0.487 e. The predicted octanol–water partition coefficient (Wildman–Crippen LogP) is 5.06. The minimum Gasteiger partial charge on any atom is -0.487 e. The number of pyridine rings is 1. The van der Waals surface area contributed by atoms with E-state index in [4.69, 9.17) is 16.3 Å². The van der Waals surface area contributed by atoms with Gasteiger partial charge >= 0.3 is 5.69 Å². The summed E-state index contributed by atoms with van der Waals surface area (Å²) in [7, 11) is 0. The van der Waals surface area contributed by atoms with Crippen LogP contribution >= 0.6 is 11.6 Å². The first-order chi connectivity index (χ1) is 15.5. The third-order valence-electron chi connectivity index (χ3n) is 4.81. The molecule has 10 heteroatoms. The number of nitro groups is 1. The van der Waals surface area contributed by atoms with E-state index in [1.165, 1.54) is 12.3 Å². The average molecular weight is 449 g/mol. The standard InChI is InChI=1S/C22H17ClN6O3/c1-2-32-19-6-5-17-20(15(10-24)11-26-21(17)22(19)29(30)31)27-16-4-3-14(18(23)9-16)12-28-8-7-25-13-28/h3-9,11,13H,2,12H2,1H3,(H,26,27). The number of ether oxygens (including phenoxy) is 1. The molecule has 0 spiro atoms. The van der Waals surface area contributed by atoms with Crippen LogP contribution in [0.15, 0.2) is 55.2 Å². The van der Waals surface area contributed by atoms with Crippen LogP contribution in [0.25, 0.3) is 10.9 Å². The van der Waals surface area contributed by atoms with E-state index in [1.54, 1.807) is 31.6 Å². The lowest BCUT2D eigenvalue weighted by Crippen LogP contribution is -2.02. The Hall–Kier alpha value is -4.16. The highest BCUT2D eigenvalue weighted by Crippen LogP contribution is 2.39. The lowest BCUT2D eigenvalue weighted by Gasteiger charge is -2.14. The minimum atomic E-state index is -0.530. The third-order valence-corrected chi connectivity index (χ3v) is 5.16. The fourth-order valence-corrected chi connectivity index (χ4v) is 3.62. The maximum atomic E-state index is 11.7. The summed E-state index contributed by atoms with van der Waals surface area (Å²) in [5.41, 5.74) is 2.06. The second-order valence-electron chi connectivity index (χ2n) is 6.82. The van der Waals surface area contributed by atoms with Crippen LogP contribution in [-0.4, -0.2) is 26.1 Å². The van der Waals surface area contributed by atoms with Crippen molar-refractivity contribution in [2.75, 3.05) is 11.9 Å². The van der Waals surface area contributed by atoms with Gasteiger partial charge in [0.15, 0.2) is 11.3 Å². The van der Waals surface area contributed by atoms with Crippen LogP contribution in [-0.2, 0) is 6.54 Å². The van der Waals surface area contributed by atoms with Crippen molar-refractivity contribution in [2.45, 2.75) is 13.5 Å². The van der Waals surface area contributed by atoms with E-state index in [2.05, 4.69) is 21.4 Å². The predicted molar refractivity (Wildman–Crippen MR) is 120 cm³/mol. The Morgan fingerprint density at radius 2 is 2.19 bits per heavy atom. The van der Waals surface area contributed by atoms with E-state index in [0.29, 0.717) is 28.3 Å². The zero-order chi connectivity index (χ0) is 22.7. The number of nitriles is 1. The number of imidazole rings is 1. The molecular weight excluding hydrogens is 432 g/mol. The van der Waals surface area contributed by atoms with Gasteiger partial charge in [-0.3, -0.25) is 10.1 Å². The molecule has 0 saturated heterocycles. The van der Waals surface area contributed by atoms with Gasteiger partial charge in [-0.1, -0.05) is 17.7 Å². The van der Waals surface area contributed by atoms with E-state index in [1.807, 2.05) is 22.9 Å². The quantitative estimate of drug-likeness (QED) is 0.310. The number of fused-ring (bicyclic) bond motifs is 1. The molecule has 0 atom stereocenters. The van der Waals surface area contributed by atoms with E-state index in [-0.39, 0.29) is 29.1 Å². The van der Waals surface area contributed by atoms with Crippen LogP contribution in [0.3, 0.4) is 0 Å². The Balaban J connectivity index is 1.77. The second kappa shape index (κ2) is 8.91. The number of aromatic nitrogens is 3. The van der Waals surface area contributed by atoms with Crippen LogP contribution in [0.1, 0.15) is 18.1 Å². The molecule has 0 bridgehead atoms. The number of benzene rings is 2. The van der Waals surface area contributed by atoms with Gasteiger partial charge in [-0.25, -0.2) is 9.97 Å². The summed E-state index contributed by atoms with van der Waals surface area (Å²) in [5.74, 6) is 0.125. The van der Waals surface area contributed by atoms with Crippen molar-refractivity contribution in [3.8, 4) is 11.8 Å². The number of nitrogens with zero attached hydrogens (tertiary/aromatic N) is 5. The van der Waals surface area contributed by atoms with Crippen molar-refractivity contribution < 1.29 is 9.66 Å². The van der Waals surface area contributed by atoms with Crippen LogP contribution in [0, 0.1) is 21.4 Å². The summed E-state index contributed by atoms with van der Waals surface area (Å²) in [5, 5.41) is 25.5. The van der Waals surface area contributed by atoms with Crippen LogP contribution in [0.4, 0.5) is 17.1 Å². The fraction of sp³-hybridized carbons (Fsp3) is 0.136. The molecule has 2 aromatic carbocycles. The van der Waals surface area contributed by atoms with Gasteiger partial charge in [0.25, 0.3) is 0 Å². The van der Waals surface area contributed by atoms with Gasteiger partial charge in [0.05, 0.1) is 29.1 Å². The van der Waals surface area contributed by atoms with Gasteiger partial charge in [0, 0.05) is 41.2 Å². The lowest BCUT2D eigenvalue weighted by molar-refractivity contribution is -0.384. The summed E-state index contributed by atoms with van der Waals surface area (Å²) >= 11 is 6.47. The lowest BCUT2D eigenvalue weighted by atomic mass is 10.1. The van der Waals surface area contributed by atoms with Crippen molar-refractivity contribution in [1.82, 2.24) is 14.5 Å². The zero-order valence-electron chi connectivity index (χ0n) is 16.9. The average Bonchev–Trinajstić information content (AvgIpc) is 3.29. The molecule has 2 heterocycles. The number of halogens is 1. The van der Waals surface area contributed by atoms with Gasteiger partial charge < -0.3 is 14.6 Å².